The van der Waals surface area contributed by atoms with Gasteiger partial charge in [0.25, 0.3) is 5.91 Å². The number of nitrogens with one attached hydrogen (secondary N) is 1. The van der Waals surface area contributed by atoms with Crippen LogP contribution < -0.4 is 5.32 Å². The quantitative estimate of drug-likeness (QED) is 0.778. The molecule has 0 radical (unpaired) electrons. The molecule has 6 heteroatoms. The number of hydrogen-bond donors (Lipinski definition) is 1. The van der Waals surface area contributed by atoms with Crippen molar-refractivity contribution in [3.8, 4) is 5.69 Å². The summed E-state index contributed by atoms with van der Waals surface area (Å²) in [6.07, 6.45) is 6.10. The highest BCUT2D eigenvalue weighted by Crippen LogP contribution is 2.15. The molecule has 3 aromatic rings. The first-order chi connectivity index (χ1) is 12.0. The van der Waals surface area contributed by atoms with Gasteiger partial charge in [-0.3, -0.25) is 9.48 Å². The SMILES string of the molecule is Cc1nn(C)c(C)c1C[C@H](C)NC(=O)c1ccc(-n2ccnc2)cc1. The molecular weight excluding hydrogens is 314 g/mol. The molecule has 0 unspecified atom stereocenters. The van der Waals surface area contributed by atoms with Crippen LogP contribution in [0.4, 0.5) is 0 Å². The first kappa shape index (κ1) is 17.0. The summed E-state index contributed by atoms with van der Waals surface area (Å²) in [5, 5.41) is 7.50. The second kappa shape index (κ2) is 6.93. The van der Waals surface area contributed by atoms with E-state index >= 15 is 0 Å². The standard InChI is InChI=1S/C19H23N5O/c1-13(11-18-14(2)22-23(4)15(18)3)21-19(25)16-5-7-17(8-6-16)24-10-9-20-12-24/h5-10,12-13H,11H2,1-4H3,(H,21,25)/t13-/m0/s1. The molecule has 0 saturated heterocycles. The van der Waals surface area contributed by atoms with Crippen molar-refractivity contribution in [1.82, 2.24) is 24.6 Å². The lowest BCUT2D eigenvalue weighted by atomic mass is 10.0. The first-order valence-corrected chi connectivity index (χ1v) is 8.34. The molecule has 0 spiro atoms. The van der Waals surface area contributed by atoms with Crippen LogP contribution in [0, 0.1) is 13.8 Å². The molecule has 6 nitrogen and oxygen atoms in total. The number of carbonyl (C=O) groups excluding carboxylic acids is 1. The highest BCUT2D eigenvalue weighted by Gasteiger charge is 2.15. The molecule has 1 aromatic carbocycles. The zero-order valence-electron chi connectivity index (χ0n) is 15.0. The Hall–Kier alpha value is -2.89. The number of aromatic nitrogens is 4. The van der Waals surface area contributed by atoms with E-state index in [2.05, 4.69) is 22.3 Å². The zero-order valence-corrected chi connectivity index (χ0v) is 15.0. The molecule has 0 aliphatic rings. The number of carbonyl (C=O) groups is 1. The summed E-state index contributed by atoms with van der Waals surface area (Å²) in [7, 11) is 1.94. The number of hydrogen-bond acceptors (Lipinski definition) is 3. The van der Waals surface area contributed by atoms with Gasteiger partial charge in [-0.2, -0.15) is 5.10 Å². The van der Waals surface area contributed by atoms with E-state index in [0.29, 0.717) is 5.56 Å². The van der Waals surface area contributed by atoms with Crippen molar-refractivity contribution >= 4 is 5.91 Å². The number of nitrogens with zero attached hydrogens (tertiary/aromatic N) is 4. The third-order valence-electron chi connectivity index (χ3n) is 4.48. The van der Waals surface area contributed by atoms with Crippen molar-refractivity contribution in [2.24, 2.45) is 7.05 Å². The van der Waals surface area contributed by atoms with Crippen molar-refractivity contribution in [3.05, 3.63) is 65.5 Å². The van der Waals surface area contributed by atoms with Crippen molar-refractivity contribution in [2.75, 3.05) is 0 Å². The van der Waals surface area contributed by atoms with Crippen LogP contribution in [0.15, 0.2) is 43.0 Å². The van der Waals surface area contributed by atoms with Crippen LogP contribution in [0.5, 0.6) is 0 Å². The van der Waals surface area contributed by atoms with Gasteiger partial charge in [0, 0.05) is 42.4 Å². The highest BCUT2D eigenvalue weighted by atomic mass is 16.1. The van der Waals surface area contributed by atoms with E-state index in [1.807, 2.05) is 60.6 Å². The second-order valence-corrected chi connectivity index (χ2v) is 6.37. The van der Waals surface area contributed by atoms with Gasteiger partial charge < -0.3 is 9.88 Å². The zero-order chi connectivity index (χ0) is 18.0. The Morgan fingerprint density at radius 3 is 2.52 bits per heavy atom. The highest BCUT2D eigenvalue weighted by molar-refractivity contribution is 5.94. The van der Waals surface area contributed by atoms with Crippen LogP contribution in [0.2, 0.25) is 0 Å². The van der Waals surface area contributed by atoms with Gasteiger partial charge >= 0.3 is 0 Å². The largest absolute Gasteiger partial charge is 0.349 e. The molecule has 1 amide bonds. The number of amides is 1. The molecule has 0 saturated carbocycles. The van der Waals surface area contributed by atoms with E-state index in [1.165, 1.54) is 5.56 Å². The minimum atomic E-state index is -0.0659. The van der Waals surface area contributed by atoms with E-state index in [0.717, 1.165) is 23.5 Å². The van der Waals surface area contributed by atoms with Crippen molar-refractivity contribution in [3.63, 3.8) is 0 Å². The summed E-state index contributed by atoms with van der Waals surface area (Å²) in [5.41, 5.74) is 4.99. The van der Waals surface area contributed by atoms with Gasteiger partial charge in [0.05, 0.1) is 12.0 Å². The Labute approximate surface area is 147 Å². The predicted octanol–water partition coefficient (Wildman–Crippen LogP) is 2.58. The van der Waals surface area contributed by atoms with E-state index in [1.54, 1.807) is 12.5 Å². The number of benzene rings is 1. The van der Waals surface area contributed by atoms with Crippen LogP contribution in [0.1, 0.15) is 34.2 Å². The third kappa shape index (κ3) is 3.63. The molecule has 1 N–H and O–H groups in total. The molecule has 2 aromatic heterocycles. The number of rotatable bonds is 5. The van der Waals surface area contributed by atoms with Gasteiger partial charge in [-0.1, -0.05) is 0 Å². The second-order valence-electron chi connectivity index (χ2n) is 6.37. The van der Waals surface area contributed by atoms with Crippen LogP contribution in [0.3, 0.4) is 0 Å². The molecule has 1 atom stereocenters. The van der Waals surface area contributed by atoms with Crippen molar-refractivity contribution < 1.29 is 4.79 Å². The molecule has 0 aliphatic carbocycles. The van der Waals surface area contributed by atoms with Gasteiger partial charge in [-0.05, 0) is 57.0 Å². The molecule has 0 aliphatic heterocycles. The van der Waals surface area contributed by atoms with E-state index in [4.69, 9.17) is 0 Å². The van der Waals surface area contributed by atoms with Crippen LogP contribution in [0.25, 0.3) is 5.69 Å². The van der Waals surface area contributed by atoms with Gasteiger partial charge in [0.15, 0.2) is 0 Å². The summed E-state index contributed by atoms with van der Waals surface area (Å²) in [6.45, 7) is 6.08. The maximum Gasteiger partial charge on any atom is 0.251 e. The Balaban J connectivity index is 1.65. The Morgan fingerprint density at radius 1 is 1.24 bits per heavy atom. The first-order valence-electron chi connectivity index (χ1n) is 8.34. The lowest BCUT2D eigenvalue weighted by Gasteiger charge is -2.14. The van der Waals surface area contributed by atoms with Gasteiger partial charge in [-0.15, -0.1) is 0 Å². The maximum absolute atomic E-state index is 12.5. The molecule has 2 heterocycles. The fraction of sp³-hybridized carbons (Fsp3) is 0.316. The topological polar surface area (TPSA) is 64.7 Å². The van der Waals surface area contributed by atoms with E-state index < -0.39 is 0 Å². The van der Waals surface area contributed by atoms with Crippen LogP contribution in [-0.2, 0) is 13.5 Å². The van der Waals surface area contributed by atoms with Crippen molar-refractivity contribution in [1.29, 1.82) is 0 Å². The van der Waals surface area contributed by atoms with Crippen LogP contribution in [-0.4, -0.2) is 31.3 Å². The summed E-state index contributed by atoms with van der Waals surface area (Å²) >= 11 is 0. The minimum Gasteiger partial charge on any atom is -0.349 e. The van der Waals surface area contributed by atoms with E-state index in [-0.39, 0.29) is 11.9 Å². The summed E-state index contributed by atoms with van der Waals surface area (Å²) in [4.78, 5) is 16.5. The molecular formula is C19H23N5O. The molecule has 3 rings (SSSR count). The normalized spacial score (nSPS) is 12.2. The Bertz CT molecular complexity index is 862. The van der Waals surface area contributed by atoms with Crippen LogP contribution >= 0.6 is 0 Å². The van der Waals surface area contributed by atoms with Gasteiger partial charge in [0.1, 0.15) is 0 Å². The average molecular weight is 337 g/mol. The average Bonchev–Trinajstić information content (AvgIpc) is 3.20. The molecule has 0 bridgehead atoms. The Kier molecular flexibility index (Phi) is 4.70. The Morgan fingerprint density at radius 2 is 1.96 bits per heavy atom. The predicted molar refractivity (Wildman–Crippen MR) is 96.9 cm³/mol. The number of aryl methyl sites for hydroxylation is 2. The smallest absolute Gasteiger partial charge is 0.251 e. The summed E-state index contributed by atoms with van der Waals surface area (Å²) < 4.78 is 3.78. The van der Waals surface area contributed by atoms with E-state index in [9.17, 15) is 4.79 Å². The summed E-state index contributed by atoms with van der Waals surface area (Å²) in [5.74, 6) is -0.0659. The number of imidazole rings is 1. The minimum absolute atomic E-state index is 0.0300. The molecule has 25 heavy (non-hydrogen) atoms. The summed E-state index contributed by atoms with van der Waals surface area (Å²) in [6, 6.07) is 7.52. The monoisotopic (exact) mass is 337 g/mol. The van der Waals surface area contributed by atoms with Crippen molar-refractivity contribution in [2.45, 2.75) is 33.2 Å². The molecule has 130 valence electrons. The van der Waals surface area contributed by atoms with Gasteiger partial charge in [0.2, 0.25) is 0 Å². The lowest BCUT2D eigenvalue weighted by Crippen LogP contribution is -2.34. The lowest BCUT2D eigenvalue weighted by molar-refractivity contribution is 0.0940. The fourth-order valence-corrected chi connectivity index (χ4v) is 2.97. The molecule has 0 fully saturated rings. The maximum atomic E-state index is 12.5. The van der Waals surface area contributed by atoms with Gasteiger partial charge in [-0.25, -0.2) is 4.98 Å². The third-order valence-corrected chi connectivity index (χ3v) is 4.48. The fourth-order valence-electron chi connectivity index (χ4n) is 2.97.